The largest absolute Gasteiger partial charge is 0.459 e. The minimum Gasteiger partial charge on any atom is -0.459 e. The third-order valence-electron chi connectivity index (χ3n) is 4.32. The van der Waals surface area contributed by atoms with E-state index < -0.39 is 0 Å². The highest BCUT2D eigenvalue weighted by Gasteiger charge is 2.21. The summed E-state index contributed by atoms with van der Waals surface area (Å²) < 4.78 is 5.02. The number of aryl methyl sites for hydroxylation is 1. The Morgan fingerprint density at radius 1 is 1.17 bits per heavy atom. The predicted octanol–water partition coefficient (Wildman–Crippen LogP) is 2.98. The number of benzene rings is 1. The zero-order valence-corrected chi connectivity index (χ0v) is 13.6. The van der Waals surface area contributed by atoms with E-state index in [4.69, 9.17) is 4.42 Å². The van der Waals surface area contributed by atoms with Crippen LogP contribution in [0.15, 0.2) is 47.1 Å². The zero-order chi connectivity index (χ0) is 16.8. The van der Waals surface area contributed by atoms with Crippen LogP contribution in [0.25, 0.3) is 0 Å². The van der Waals surface area contributed by atoms with E-state index in [1.165, 1.54) is 17.4 Å². The van der Waals surface area contributed by atoms with Gasteiger partial charge in [-0.3, -0.25) is 9.59 Å². The van der Waals surface area contributed by atoms with Gasteiger partial charge in [-0.2, -0.15) is 0 Å². The Kier molecular flexibility index (Phi) is 5.31. The summed E-state index contributed by atoms with van der Waals surface area (Å²) in [7, 11) is 0. The maximum Gasteiger partial charge on any atom is 0.286 e. The molecule has 1 heterocycles. The molecule has 3 rings (SSSR count). The Morgan fingerprint density at radius 3 is 2.88 bits per heavy atom. The number of carbonyl (C=O) groups excluding carboxylic acids is 2. The van der Waals surface area contributed by atoms with Gasteiger partial charge in [-0.15, -0.1) is 0 Å². The fourth-order valence-corrected chi connectivity index (χ4v) is 3.12. The highest BCUT2D eigenvalue weighted by atomic mass is 16.3. The summed E-state index contributed by atoms with van der Waals surface area (Å²) in [4.78, 5) is 23.9. The standard InChI is InChI=1S/C19H22N2O3/c22-18(11-4-12-20-19(23)17-10-5-13-24-17)21-16-9-3-7-14-6-1-2-8-15(14)16/h1-2,5-6,8,10,13,16H,3-4,7,9,11-12H2,(H,20,23)(H,21,22)/t16-/m1/s1. The summed E-state index contributed by atoms with van der Waals surface area (Å²) in [6.45, 7) is 0.453. The topological polar surface area (TPSA) is 71.3 Å². The first-order valence-electron chi connectivity index (χ1n) is 8.43. The Labute approximate surface area is 141 Å². The first kappa shape index (κ1) is 16.3. The second-order valence-electron chi connectivity index (χ2n) is 6.05. The molecule has 0 bridgehead atoms. The maximum absolute atomic E-state index is 12.2. The number of fused-ring (bicyclic) bond motifs is 1. The summed E-state index contributed by atoms with van der Waals surface area (Å²) in [6, 6.07) is 11.7. The van der Waals surface area contributed by atoms with Crippen LogP contribution in [0.3, 0.4) is 0 Å². The van der Waals surface area contributed by atoms with Crippen molar-refractivity contribution in [2.75, 3.05) is 6.54 Å². The van der Waals surface area contributed by atoms with E-state index in [-0.39, 0.29) is 17.9 Å². The molecule has 0 spiro atoms. The summed E-state index contributed by atoms with van der Waals surface area (Å²) in [5.74, 6) is 0.0730. The van der Waals surface area contributed by atoms with Crippen LogP contribution in [-0.2, 0) is 11.2 Å². The molecule has 0 aliphatic heterocycles. The van der Waals surface area contributed by atoms with Gasteiger partial charge in [0.15, 0.2) is 5.76 Å². The lowest BCUT2D eigenvalue weighted by molar-refractivity contribution is -0.122. The summed E-state index contributed by atoms with van der Waals surface area (Å²) in [5, 5.41) is 5.87. The molecule has 2 aromatic rings. The molecule has 5 heteroatoms. The van der Waals surface area contributed by atoms with Crippen molar-refractivity contribution in [3.8, 4) is 0 Å². The maximum atomic E-state index is 12.2. The second-order valence-corrected chi connectivity index (χ2v) is 6.05. The molecule has 1 aromatic heterocycles. The smallest absolute Gasteiger partial charge is 0.286 e. The van der Waals surface area contributed by atoms with Crippen LogP contribution in [0.5, 0.6) is 0 Å². The van der Waals surface area contributed by atoms with Crippen LogP contribution >= 0.6 is 0 Å². The van der Waals surface area contributed by atoms with Crippen molar-refractivity contribution < 1.29 is 14.0 Å². The van der Waals surface area contributed by atoms with Crippen LogP contribution in [0.2, 0.25) is 0 Å². The van der Waals surface area contributed by atoms with E-state index >= 15 is 0 Å². The number of rotatable bonds is 6. The molecule has 0 unspecified atom stereocenters. The van der Waals surface area contributed by atoms with Gasteiger partial charge in [-0.05, 0) is 48.9 Å². The van der Waals surface area contributed by atoms with Crippen molar-refractivity contribution in [1.29, 1.82) is 0 Å². The number of furan rings is 1. The number of carbonyl (C=O) groups is 2. The van der Waals surface area contributed by atoms with Crippen LogP contribution in [0.1, 0.15) is 53.4 Å². The Morgan fingerprint density at radius 2 is 2.04 bits per heavy atom. The minimum atomic E-state index is -0.249. The van der Waals surface area contributed by atoms with E-state index in [9.17, 15) is 9.59 Å². The number of hydrogen-bond donors (Lipinski definition) is 2. The van der Waals surface area contributed by atoms with Gasteiger partial charge in [0.1, 0.15) is 0 Å². The van der Waals surface area contributed by atoms with Gasteiger partial charge in [0.2, 0.25) is 5.91 Å². The molecule has 0 saturated heterocycles. The molecule has 24 heavy (non-hydrogen) atoms. The van der Waals surface area contributed by atoms with Gasteiger partial charge in [0.25, 0.3) is 5.91 Å². The quantitative estimate of drug-likeness (QED) is 0.802. The molecule has 126 valence electrons. The molecular formula is C19H22N2O3. The molecule has 2 amide bonds. The third kappa shape index (κ3) is 4.04. The van der Waals surface area contributed by atoms with Crippen LogP contribution in [-0.4, -0.2) is 18.4 Å². The van der Waals surface area contributed by atoms with Gasteiger partial charge in [-0.25, -0.2) is 0 Å². The molecule has 1 aliphatic rings. The average Bonchev–Trinajstić information content (AvgIpc) is 3.14. The van der Waals surface area contributed by atoms with E-state index in [0.29, 0.717) is 25.1 Å². The van der Waals surface area contributed by atoms with E-state index in [1.54, 1.807) is 12.1 Å². The first-order valence-corrected chi connectivity index (χ1v) is 8.43. The molecule has 0 fully saturated rings. The molecule has 5 nitrogen and oxygen atoms in total. The van der Waals surface area contributed by atoms with Crippen molar-refractivity contribution in [2.45, 2.75) is 38.1 Å². The molecule has 0 saturated carbocycles. The van der Waals surface area contributed by atoms with Crippen LogP contribution in [0, 0.1) is 0 Å². The average molecular weight is 326 g/mol. The molecule has 1 aliphatic carbocycles. The SMILES string of the molecule is O=C(CCCNC(=O)c1ccco1)N[C@@H]1CCCc2ccccc21. The van der Waals surface area contributed by atoms with Crippen LogP contribution in [0.4, 0.5) is 0 Å². The summed E-state index contributed by atoms with van der Waals surface area (Å²) in [5.41, 5.74) is 2.57. The van der Waals surface area contributed by atoms with Crippen molar-refractivity contribution >= 4 is 11.8 Å². The normalized spacial score (nSPS) is 16.2. The highest BCUT2D eigenvalue weighted by molar-refractivity contribution is 5.91. The van der Waals surface area contributed by atoms with Crippen molar-refractivity contribution in [3.05, 3.63) is 59.5 Å². The van der Waals surface area contributed by atoms with Crippen molar-refractivity contribution in [2.24, 2.45) is 0 Å². The zero-order valence-electron chi connectivity index (χ0n) is 13.6. The Bertz CT molecular complexity index is 694. The highest BCUT2D eigenvalue weighted by Crippen LogP contribution is 2.29. The van der Waals surface area contributed by atoms with Crippen molar-refractivity contribution in [1.82, 2.24) is 10.6 Å². The lowest BCUT2D eigenvalue weighted by atomic mass is 9.87. The summed E-state index contributed by atoms with van der Waals surface area (Å²) in [6.07, 6.45) is 5.63. The molecule has 2 N–H and O–H groups in total. The molecule has 1 aromatic carbocycles. The van der Waals surface area contributed by atoms with Gasteiger partial charge in [0, 0.05) is 13.0 Å². The Hall–Kier alpha value is -2.56. The molecular weight excluding hydrogens is 304 g/mol. The van der Waals surface area contributed by atoms with Crippen molar-refractivity contribution in [3.63, 3.8) is 0 Å². The second kappa shape index (κ2) is 7.81. The summed E-state index contributed by atoms with van der Waals surface area (Å²) >= 11 is 0. The van der Waals surface area contributed by atoms with E-state index in [1.807, 2.05) is 12.1 Å². The number of hydrogen-bond acceptors (Lipinski definition) is 3. The van der Waals surface area contributed by atoms with Gasteiger partial charge in [0.05, 0.1) is 12.3 Å². The van der Waals surface area contributed by atoms with E-state index in [2.05, 4.69) is 22.8 Å². The number of nitrogens with one attached hydrogen (secondary N) is 2. The fraction of sp³-hybridized carbons (Fsp3) is 0.368. The predicted molar refractivity (Wildman–Crippen MR) is 90.5 cm³/mol. The number of amides is 2. The minimum absolute atomic E-state index is 0.0314. The molecule has 1 atom stereocenters. The van der Waals surface area contributed by atoms with Gasteiger partial charge >= 0.3 is 0 Å². The van der Waals surface area contributed by atoms with Gasteiger partial charge < -0.3 is 15.1 Å². The monoisotopic (exact) mass is 326 g/mol. The Balaban J connectivity index is 1.41. The third-order valence-corrected chi connectivity index (χ3v) is 4.32. The van der Waals surface area contributed by atoms with Crippen LogP contribution < -0.4 is 10.6 Å². The lowest BCUT2D eigenvalue weighted by Gasteiger charge is -2.26. The van der Waals surface area contributed by atoms with E-state index in [0.717, 1.165) is 19.3 Å². The van der Waals surface area contributed by atoms with Gasteiger partial charge in [-0.1, -0.05) is 24.3 Å². The molecule has 0 radical (unpaired) electrons. The fourth-order valence-electron chi connectivity index (χ4n) is 3.12. The lowest BCUT2D eigenvalue weighted by Crippen LogP contribution is -2.31. The first-order chi connectivity index (χ1) is 11.7.